The molecule has 1 heterocycles. The smallest absolute Gasteiger partial charge is 0.117 e. The number of hydrogen-bond acceptors (Lipinski definition) is 3. The molecule has 1 aliphatic heterocycles. The van der Waals surface area contributed by atoms with E-state index in [-0.39, 0.29) is 0 Å². The summed E-state index contributed by atoms with van der Waals surface area (Å²) in [7, 11) is 0. The minimum absolute atomic E-state index is 0.292. The van der Waals surface area contributed by atoms with Crippen LogP contribution in [0, 0.1) is 0 Å². The van der Waals surface area contributed by atoms with Gasteiger partial charge in [0.05, 0.1) is 12.2 Å². The molecular formula is C12H17NO2. The van der Waals surface area contributed by atoms with Crippen molar-refractivity contribution in [2.75, 3.05) is 11.9 Å². The van der Waals surface area contributed by atoms with Gasteiger partial charge in [-0.2, -0.15) is 0 Å². The summed E-state index contributed by atoms with van der Waals surface area (Å²) in [6.07, 6.45) is 2.96. The molecule has 1 saturated heterocycles. The van der Waals surface area contributed by atoms with E-state index < -0.39 is 0 Å². The first-order valence-corrected chi connectivity index (χ1v) is 5.42. The molecule has 0 bridgehead atoms. The molecule has 1 aliphatic rings. The van der Waals surface area contributed by atoms with Crippen LogP contribution in [0.25, 0.3) is 0 Å². The monoisotopic (exact) mass is 207 g/mol. The second-order valence-electron chi connectivity index (χ2n) is 4.08. The highest BCUT2D eigenvalue weighted by Crippen LogP contribution is 2.20. The maximum atomic E-state index is 9.28. The Bertz CT molecular complexity index is 327. The van der Waals surface area contributed by atoms with Gasteiger partial charge in [-0.05, 0) is 31.9 Å². The molecule has 3 nitrogen and oxygen atoms in total. The SMILES string of the molecule is CC1CCC(CNc2cccc(O)c2)O1. The molecule has 2 N–H and O–H groups in total. The third kappa shape index (κ3) is 2.86. The van der Waals surface area contributed by atoms with Crippen LogP contribution in [0.5, 0.6) is 5.75 Å². The van der Waals surface area contributed by atoms with Crippen LogP contribution in [0.3, 0.4) is 0 Å². The predicted octanol–water partition coefficient (Wildman–Crippen LogP) is 2.37. The Balaban J connectivity index is 1.83. The number of rotatable bonds is 3. The fourth-order valence-electron chi connectivity index (χ4n) is 1.88. The van der Waals surface area contributed by atoms with Crippen molar-refractivity contribution in [2.45, 2.75) is 32.0 Å². The second kappa shape index (κ2) is 4.53. The summed E-state index contributed by atoms with van der Waals surface area (Å²) in [4.78, 5) is 0. The topological polar surface area (TPSA) is 41.5 Å². The zero-order valence-electron chi connectivity index (χ0n) is 8.94. The molecule has 15 heavy (non-hydrogen) atoms. The highest BCUT2D eigenvalue weighted by atomic mass is 16.5. The van der Waals surface area contributed by atoms with E-state index in [2.05, 4.69) is 12.2 Å². The van der Waals surface area contributed by atoms with Crippen molar-refractivity contribution >= 4 is 5.69 Å². The van der Waals surface area contributed by atoms with E-state index >= 15 is 0 Å². The maximum absolute atomic E-state index is 9.28. The molecule has 2 rings (SSSR count). The molecule has 1 aromatic carbocycles. The summed E-state index contributed by atoms with van der Waals surface area (Å²) >= 11 is 0. The molecular weight excluding hydrogens is 190 g/mol. The van der Waals surface area contributed by atoms with E-state index in [1.807, 2.05) is 12.1 Å². The predicted molar refractivity (Wildman–Crippen MR) is 60.2 cm³/mol. The largest absolute Gasteiger partial charge is 0.508 e. The average molecular weight is 207 g/mol. The normalized spacial score (nSPS) is 25.4. The van der Waals surface area contributed by atoms with Gasteiger partial charge in [-0.1, -0.05) is 6.07 Å². The molecule has 0 radical (unpaired) electrons. The summed E-state index contributed by atoms with van der Waals surface area (Å²) in [5.74, 6) is 0.292. The number of ether oxygens (including phenoxy) is 1. The van der Waals surface area contributed by atoms with Crippen molar-refractivity contribution in [3.05, 3.63) is 24.3 Å². The molecule has 0 amide bonds. The van der Waals surface area contributed by atoms with E-state index in [0.717, 1.165) is 25.1 Å². The third-order valence-corrected chi connectivity index (χ3v) is 2.70. The van der Waals surface area contributed by atoms with E-state index in [0.29, 0.717) is 18.0 Å². The molecule has 82 valence electrons. The Morgan fingerprint density at radius 2 is 2.33 bits per heavy atom. The van der Waals surface area contributed by atoms with E-state index in [4.69, 9.17) is 4.74 Å². The summed E-state index contributed by atoms with van der Waals surface area (Å²) in [5, 5.41) is 12.5. The number of nitrogens with one attached hydrogen (secondary N) is 1. The van der Waals surface area contributed by atoms with Crippen LogP contribution in [-0.4, -0.2) is 23.9 Å². The highest BCUT2D eigenvalue weighted by Gasteiger charge is 2.21. The quantitative estimate of drug-likeness (QED) is 0.799. The van der Waals surface area contributed by atoms with Gasteiger partial charge < -0.3 is 15.2 Å². The van der Waals surface area contributed by atoms with Gasteiger partial charge in [0.15, 0.2) is 0 Å². The summed E-state index contributed by atoms with van der Waals surface area (Å²) in [5.41, 5.74) is 0.943. The van der Waals surface area contributed by atoms with Gasteiger partial charge in [0.2, 0.25) is 0 Å². The fourth-order valence-corrected chi connectivity index (χ4v) is 1.88. The zero-order valence-corrected chi connectivity index (χ0v) is 8.94. The average Bonchev–Trinajstić information content (AvgIpc) is 2.62. The zero-order chi connectivity index (χ0) is 10.7. The number of hydrogen-bond donors (Lipinski definition) is 2. The summed E-state index contributed by atoms with van der Waals surface area (Å²) < 4.78 is 5.69. The second-order valence-corrected chi connectivity index (χ2v) is 4.08. The van der Waals surface area contributed by atoms with Crippen LogP contribution < -0.4 is 5.32 Å². The lowest BCUT2D eigenvalue weighted by atomic mass is 10.2. The van der Waals surface area contributed by atoms with E-state index in [1.54, 1.807) is 12.1 Å². The van der Waals surface area contributed by atoms with Crippen LogP contribution >= 0.6 is 0 Å². The lowest BCUT2D eigenvalue weighted by molar-refractivity contribution is 0.0637. The van der Waals surface area contributed by atoms with Crippen molar-refractivity contribution in [3.63, 3.8) is 0 Å². The van der Waals surface area contributed by atoms with Gasteiger partial charge >= 0.3 is 0 Å². The van der Waals surface area contributed by atoms with Gasteiger partial charge in [0.25, 0.3) is 0 Å². The molecule has 0 spiro atoms. The molecule has 1 aromatic rings. The van der Waals surface area contributed by atoms with Gasteiger partial charge in [-0.3, -0.25) is 0 Å². The first-order valence-electron chi connectivity index (χ1n) is 5.42. The molecule has 0 aliphatic carbocycles. The van der Waals surface area contributed by atoms with Crippen LogP contribution in [0.2, 0.25) is 0 Å². The number of phenolic OH excluding ortho intramolecular Hbond substituents is 1. The molecule has 2 unspecified atom stereocenters. The van der Waals surface area contributed by atoms with E-state index in [9.17, 15) is 5.11 Å². The molecule has 0 saturated carbocycles. The lowest BCUT2D eigenvalue weighted by Gasteiger charge is -2.13. The van der Waals surface area contributed by atoms with Crippen LogP contribution in [-0.2, 0) is 4.74 Å². The Morgan fingerprint density at radius 1 is 1.47 bits per heavy atom. The van der Waals surface area contributed by atoms with Crippen molar-refractivity contribution in [1.29, 1.82) is 0 Å². The maximum Gasteiger partial charge on any atom is 0.117 e. The molecule has 1 fully saturated rings. The Kier molecular flexibility index (Phi) is 3.11. The number of anilines is 1. The fraction of sp³-hybridized carbons (Fsp3) is 0.500. The van der Waals surface area contributed by atoms with Gasteiger partial charge in [-0.15, -0.1) is 0 Å². The highest BCUT2D eigenvalue weighted by molar-refractivity contribution is 5.47. The molecule has 0 aromatic heterocycles. The summed E-state index contributed by atoms with van der Waals surface area (Å²) in [6.45, 7) is 2.92. The Morgan fingerprint density at radius 3 is 3.00 bits per heavy atom. The first-order chi connectivity index (χ1) is 7.24. The first kappa shape index (κ1) is 10.3. The van der Waals surface area contributed by atoms with E-state index in [1.165, 1.54) is 0 Å². The molecule has 3 heteroatoms. The van der Waals surface area contributed by atoms with Crippen molar-refractivity contribution in [2.24, 2.45) is 0 Å². The Labute approximate surface area is 90.1 Å². The van der Waals surface area contributed by atoms with Crippen LogP contribution in [0.1, 0.15) is 19.8 Å². The Hall–Kier alpha value is -1.22. The van der Waals surface area contributed by atoms with Crippen molar-refractivity contribution in [3.8, 4) is 5.75 Å². The van der Waals surface area contributed by atoms with Crippen molar-refractivity contribution in [1.82, 2.24) is 0 Å². The van der Waals surface area contributed by atoms with Crippen molar-refractivity contribution < 1.29 is 9.84 Å². The van der Waals surface area contributed by atoms with Gasteiger partial charge in [0.1, 0.15) is 5.75 Å². The number of aromatic hydroxyl groups is 1. The number of phenols is 1. The van der Waals surface area contributed by atoms with Crippen LogP contribution in [0.15, 0.2) is 24.3 Å². The third-order valence-electron chi connectivity index (χ3n) is 2.70. The van der Waals surface area contributed by atoms with Gasteiger partial charge in [-0.25, -0.2) is 0 Å². The minimum Gasteiger partial charge on any atom is -0.508 e. The number of benzene rings is 1. The van der Waals surface area contributed by atoms with Gasteiger partial charge in [0, 0.05) is 18.3 Å². The molecule has 2 atom stereocenters. The standard InChI is InChI=1S/C12H17NO2/c1-9-5-6-12(15-9)8-13-10-3-2-4-11(14)7-10/h2-4,7,9,12-14H,5-6,8H2,1H3. The lowest BCUT2D eigenvalue weighted by Crippen LogP contribution is -2.19. The minimum atomic E-state index is 0.292. The summed E-state index contributed by atoms with van der Waals surface area (Å²) in [6, 6.07) is 7.16. The van der Waals surface area contributed by atoms with Crippen LogP contribution in [0.4, 0.5) is 5.69 Å².